The Kier molecular flexibility index (Phi) is 7.06. The maximum Gasteiger partial charge on any atom is 0.329 e. The number of amides is 3. The molecule has 1 unspecified atom stereocenters. The molecule has 1 aliphatic rings. The highest BCUT2D eigenvalue weighted by molar-refractivity contribution is 6.43. The minimum atomic E-state index is -1.25. The number of fused-ring (bicyclic) bond motifs is 1. The molecule has 0 spiro atoms. The molecular weight excluding hydrogens is 459 g/mol. The van der Waals surface area contributed by atoms with Crippen LogP contribution in [-0.2, 0) is 14.3 Å². The number of carbonyl (C=O) groups is 4. The summed E-state index contributed by atoms with van der Waals surface area (Å²) in [7, 11) is 1.53. The highest BCUT2D eigenvalue weighted by Crippen LogP contribution is 2.32. The van der Waals surface area contributed by atoms with Crippen LogP contribution in [0.1, 0.15) is 46.2 Å². The van der Waals surface area contributed by atoms with E-state index in [1.54, 1.807) is 25.1 Å². The lowest BCUT2D eigenvalue weighted by molar-refractivity contribution is -0.152. The van der Waals surface area contributed by atoms with Crippen molar-refractivity contribution in [1.82, 2.24) is 10.2 Å². The first-order chi connectivity index (χ1) is 15.1. The Morgan fingerprint density at radius 1 is 1.03 bits per heavy atom. The summed E-state index contributed by atoms with van der Waals surface area (Å²) in [4.78, 5) is 50.7. The van der Waals surface area contributed by atoms with Gasteiger partial charge in [-0.05, 0) is 32.0 Å². The molecule has 3 rings (SSSR count). The fraction of sp³-hybridized carbons (Fsp3) is 0.273. The summed E-state index contributed by atoms with van der Waals surface area (Å²) in [5, 5.41) is 2.94. The van der Waals surface area contributed by atoms with Crippen LogP contribution >= 0.6 is 23.2 Å². The maximum atomic E-state index is 12.6. The van der Waals surface area contributed by atoms with Gasteiger partial charge in [0.1, 0.15) is 11.8 Å². The van der Waals surface area contributed by atoms with E-state index in [9.17, 15) is 19.2 Å². The molecule has 0 aromatic heterocycles. The molecule has 0 fully saturated rings. The third-order valence-electron chi connectivity index (χ3n) is 5.02. The number of imide groups is 1. The van der Waals surface area contributed by atoms with Crippen molar-refractivity contribution in [1.29, 1.82) is 0 Å². The fourth-order valence-electron chi connectivity index (χ4n) is 3.35. The summed E-state index contributed by atoms with van der Waals surface area (Å²) in [6.45, 7) is 2.52. The number of ether oxygens (including phenoxy) is 2. The van der Waals surface area contributed by atoms with E-state index >= 15 is 0 Å². The van der Waals surface area contributed by atoms with Crippen LogP contribution in [0.3, 0.4) is 0 Å². The van der Waals surface area contributed by atoms with Crippen molar-refractivity contribution in [3.63, 3.8) is 0 Å². The Morgan fingerprint density at radius 2 is 1.59 bits per heavy atom. The van der Waals surface area contributed by atoms with Crippen LogP contribution < -0.4 is 10.1 Å². The van der Waals surface area contributed by atoms with Gasteiger partial charge in [0.15, 0.2) is 6.61 Å². The normalized spacial score (nSPS) is 14.6. The third kappa shape index (κ3) is 4.56. The predicted octanol–water partition coefficient (Wildman–Crippen LogP) is 3.41. The summed E-state index contributed by atoms with van der Waals surface area (Å²) in [6, 6.07) is 8.10. The zero-order valence-corrected chi connectivity index (χ0v) is 19.0. The Bertz CT molecular complexity index is 1060. The van der Waals surface area contributed by atoms with Gasteiger partial charge in [-0.15, -0.1) is 0 Å². The first-order valence-corrected chi connectivity index (χ1v) is 10.4. The van der Waals surface area contributed by atoms with E-state index in [-0.39, 0.29) is 21.2 Å². The van der Waals surface area contributed by atoms with Gasteiger partial charge in [-0.2, -0.15) is 0 Å². The summed E-state index contributed by atoms with van der Waals surface area (Å²) in [6.07, 6.45) is 0. The molecule has 0 bridgehead atoms. The number of hydrogen-bond acceptors (Lipinski definition) is 6. The van der Waals surface area contributed by atoms with Gasteiger partial charge in [-0.1, -0.05) is 41.4 Å². The lowest BCUT2D eigenvalue weighted by Crippen LogP contribution is -2.44. The van der Waals surface area contributed by atoms with Gasteiger partial charge in [0.25, 0.3) is 17.7 Å². The second kappa shape index (κ2) is 9.58. The number of benzene rings is 2. The molecule has 2 atom stereocenters. The first kappa shape index (κ1) is 23.6. The molecule has 0 radical (unpaired) electrons. The molecule has 3 amide bonds. The van der Waals surface area contributed by atoms with E-state index in [4.69, 9.17) is 32.7 Å². The van der Waals surface area contributed by atoms with E-state index in [1.807, 2.05) is 6.07 Å². The molecule has 2 aromatic rings. The van der Waals surface area contributed by atoms with Crippen LogP contribution in [-0.4, -0.2) is 48.3 Å². The lowest BCUT2D eigenvalue weighted by Gasteiger charge is -2.21. The zero-order chi connectivity index (χ0) is 23.6. The second-order valence-electron chi connectivity index (χ2n) is 7.11. The van der Waals surface area contributed by atoms with Crippen LogP contribution in [0.5, 0.6) is 5.75 Å². The van der Waals surface area contributed by atoms with Gasteiger partial charge < -0.3 is 14.8 Å². The van der Waals surface area contributed by atoms with Crippen LogP contribution in [0.15, 0.2) is 36.4 Å². The van der Waals surface area contributed by atoms with Crippen LogP contribution in [0, 0.1) is 0 Å². The van der Waals surface area contributed by atoms with E-state index in [1.165, 1.54) is 26.2 Å². The molecule has 10 heteroatoms. The van der Waals surface area contributed by atoms with E-state index in [0.29, 0.717) is 5.75 Å². The Labute approximate surface area is 194 Å². The second-order valence-corrected chi connectivity index (χ2v) is 7.92. The number of methoxy groups -OCH3 is 1. The molecule has 8 nitrogen and oxygen atoms in total. The number of halogens is 2. The molecule has 0 saturated carbocycles. The van der Waals surface area contributed by atoms with E-state index in [0.717, 1.165) is 10.5 Å². The Hall–Kier alpha value is -3.10. The number of para-hydroxylation sites is 1. The van der Waals surface area contributed by atoms with Crippen molar-refractivity contribution >= 4 is 46.9 Å². The quantitative estimate of drug-likeness (QED) is 0.483. The topological polar surface area (TPSA) is 102 Å². The fourth-order valence-corrected chi connectivity index (χ4v) is 3.68. The zero-order valence-electron chi connectivity index (χ0n) is 17.5. The predicted molar refractivity (Wildman–Crippen MR) is 117 cm³/mol. The number of esters is 1. The van der Waals surface area contributed by atoms with Crippen molar-refractivity contribution in [2.24, 2.45) is 0 Å². The highest BCUT2D eigenvalue weighted by atomic mass is 35.5. The van der Waals surface area contributed by atoms with Crippen molar-refractivity contribution in [2.75, 3.05) is 13.7 Å². The molecular formula is C22H20Cl2N2O6. The molecule has 168 valence electrons. The van der Waals surface area contributed by atoms with Crippen molar-refractivity contribution in [3.05, 3.63) is 63.1 Å². The number of hydrogen-bond donors (Lipinski definition) is 1. The first-order valence-electron chi connectivity index (χ1n) is 9.61. The summed E-state index contributed by atoms with van der Waals surface area (Å²) >= 11 is 11.9. The average Bonchev–Trinajstić information content (AvgIpc) is 3.01. The number of nitrogens with one attached hydrogen (secondary N) is 1. The molecule has 0 saturated heterocycles. The highest BCUT2D eigenvalue weighted by Gasteiger charge is 2.42. The largest absolute Gasteiger partial charge is 0.496 e. The van der Waals surface area contributed by atoms with Gasteiger partial charge in [0, 0.05) is 5.56 Å². The monoisotopic (exact) mass is 478 g/mol. The standard InChI is InChI=1S/C22H20Cl2N2O6/c1-11(13-6-4-5-7-18(13)31-3)25-19(27)10-32-22(30)12(2)26-20(28)14-8-16(23)17(24)9-15(14)21(26)29/h4-9,11-12H,10H2,1-3H3,(H,25,27)/t11?,12-/m0/s1. The summed E-state index contributed by atoms with van der Waals surface area (Å²) < 4.78 is 10.3. The Balaban J connectivity index is 1.61. The van der Waals surface area contributed by atoms with Gasteiger partial charge in [0.2, 0.25) is 0 Å². The van der Waals surface area contributed by atoms with Crippen molar-refractivity contribution in [2.45, 2.75) is 25.9 Å². The minimum absolute atomic E-state index is 0.0485. The molecule has 1 heterocycles. The summed E-state index contributed by atoms with van der Waals surface area (Å²) in [5.41, 5.74) is 0.853. The van der Waals surface area contributed by atoms with Gasteiger partial charge >= 0.3 is 5.97 Å². The third-order valence-corrected chi connectivity index (χ3v) is 5.74. The lowest BCUT2D eigenvalue weighted by atomic mass is 10.1. The smallest absolute Gasteiger partial charge is 0.329 e. The molecule has 0 aliphatic carbocycles. The van der Waals surface area contributed by atoms with Crippen molar-refractivity contribution in [3.8, 4) is 5.75 Å². The number of rotatable bonds is 7. The average molecular weight is 479 g/mol. The van der Waals surface area contributed by atoms with Gasteiger partial charge in [-0.25, -0.2) is 4.79 Å². The maximum absolute atomic E-state index is 12.6. The van der Waals surface area contributed by atoms with Crippen LogP contribution in [0.4, 0.5) is 0 Å². The molecule has 1 aliphatic heterocycles. The van der Waals surface area contributed by atoms with Crippen LogP contribution in [0.25, 0.3) is 0 Å². The SMILES string of the molecule is COc1ccccc1C(C)NC(=O)COC(=O)[C@H](C)N1C(=O)c2cc(Cl)c(Cl)cc2C1=O. The van der Waals surface area contributed by atoms with E-state index < -0.39 is 42.4 Å². The van der Waals surface area contributed by atoms with Crippen LogP contribution in [0.2, 0.25) is 10.0 Å². The van der Waals surface area contributed by atoms with Crippen molar-refractivity contribution < 1.29 is 28.7 Å². The van der Waals surface area contributed by atoms with Gasteiger partial charge in [0.05, 0.1) is 34.3 Å². The summed E-state index contributed by atoms with van der Waals surface area (Å²) in [5.74, 6) is -2.23. The Morgan fingerprint density at radius 3 is 2.16 bits per heavy atom. The number of carbonyl (C=O) groups excluding carboxylic acids is 4. The molecule has 32 heavy (non-hydrogen) atoms. The number of nitrogens with zero attached hydrogens (tertiary/aromatic N) is 1. The van der Waals surface area contributed by atoms with E-state index in [2.05, 4.69) is 5.32 Å². The molecule has 2 aromatic carbocycles. The van der Waals surface area contributed by atoms with Gasteiger partial charge in [-0.3, -0.25) is 19.3 Å². The molecule has 1 N–H and O–H groups in total. The minimum Gasteiger partial charge on any atom is -0.496 e.